The lowest BCUT2D eigenvalue weighted by molar-refractivity contribution is -0.121. The van der Waals surface area contributed by atoms with Crippen molar-refractivity contribution in [1.29, 1.82) is 0 Å². The SMILES string of the molecule is COc1ccc(N2N=N[C@H]3C(=O)N(c4ccc(F)c(F)c4)C(=O)[C@H]32)cc1. The Hall–Kier alpha value is -3.36. The molecule has 2 aliphatic rings. The van der Waals surface area contributed by atoms with Crippen molar-refractivity contribution in [2.24, 2.45) is 10.3 Å². The van der Waals surface area contributed by atoms with Crippen LogP contribution in [0.1, 0.15) is 0 Å². The highest BCUT2D eigenvalue weighted by Gasteiger charge is 2.55. The summed E-state index contributed by atoms with van der Waals surface area (Å²) in [6, 6.07) is 7.57. The van der Waals surface area contributed by atoms with Gasteiger partial charge in [0.25, 0.3) is 11.8 Å². The number of benzene rings is 2. The van der Waals surface area contributed by atoms with Crippen LogP contribution in [0, 0.1) is 11.6 Å². The number of carbonyl (C=O) groups is 2. The number of ether oxygens (including phenoxy) is 1. The van der Waals surface area contributed by atoms with Gasteiger partial charge in [-0.15, -0.1) is 0 Å². The molecule has 0 aliphatic carbocycles. The fourth-order valence-electron chi connectivity index (χ4n) is 2.99. The minimum absolute atomic E-state index is 0.0434. The van der Waals surface area contributed by atoms with E-state index in [-0.39, 0.29) is 5.69 Å². The van der Waals surface area contributed by atoms with E-state index in [4.69, 9.17) is 4.74 Å². The van der Waals surface area contributed by atoms with Crippen LogP contribution in [-0.2, 0) is 9.59 Å². The van der Waals surface area contributed by atoms with Crippen molar-refractivity contribution < 1.29 is 23.1 Å². The topological polar surface area (TPSA) is 74.6 Å². The molecule has 4 rings (SSSR count). The van der Waals surface area contributed by atoms with E-state index in [1.165, 1.54) is 18.2 Å². The normalized spacial score (nSPS) is 21.5. The standard InChI is InChI=1S/C17H12F2N4O3/c1-26-11-5-2-9(3-6-11)23-15-14(20-21-23)16(24)22(17(15)25)10-4-7-12(18)13(19)8-10/h2-8,14-15H,1H3/t14-,15+/m1/s1. The first-order valence-electron chi connectivity index (χ1n) is 7.68. The molecule has 2 aliphatic heterocycles. The zero-order chi connectivity index (χ0) is 18.4. The quantitative estimate of drug-likeness (QED) is 0.790. The second-order valence-electron chi connectivity index (χ2n) is 5.75. The number of carbonyl (C=O) groups excluding carboxylic acids is 2. The van der Waals surface area contributed by atoms with Crippen LogP contribution in [0.3, 0.4) is 0 Å². The van der Waals surface area contributed by atoms with Crippen LogP contribution in [0.25, 0.3) is 0 Å². The number of fused-ring (bicyclic) bond motifs is 1. The van der Waals surface area contributed by atoms with E-state index in [0.29, 0.717) is 11.4 Å². The molecule has 2 heterocycles. The summed E-state index contributed by atoms with van der Waals surface area (Å²) in [7, 11) is 1.53. The Morgan fingerprint density at radius 1 is 0.962 bits per heavy atom. The molecule has 0 radical (unpaired) electrons. The Balaban J connectivity index is 1.67. The number of hydrogen-bond donors (Lipinski definition) is 0. The molecule has 7 nitrogen and oxygen atoms in total. The van der Waals surface area contributed by atoms with Gasteiger partial charge in [0, 0.05) is 6.07 Å². The molecule has 2 aromatic rings. The number of anilines is 2. The predicted octanol–water partition coefficient (Wildman–Crippen LogP) is 2.47. The summed E-state index contributed by atoms with van der Waals surface area (Å²) < 4.78 is 31.7. The number of halogens is 2. The smallest absolute Gasteiger partial charge is 0.263 e. The lowest BCUT2D eigenvalue weighted by Crippen LogP contribution is -2.39. The van der Waals surface area contributed by atoms with E-state index in [1.54, 1.807) is 24.3 Å². The lowest BCUT2D eigenvalue weighted by atomic mass is 10.1. The fourth-order valence-corrected chi connectivity index (χ4v) is 2.99. The van der Waals surface area contributed by atoms with Crippen LogP contribution < -0.4 is 14.6 Å². The van der Waals surface area contributed by atoms with Gasteiger partial charge in [0.05, 0.1) is 18.5 Å². The third-order valence-corrected chi connectivity index (χ3v) is 4.28. The van der Waals surface area contributed by atoms with Gasteiger partial charge < -0.3 is 4.74 Å². The van der Waals surface area contributed by atoms with Crippen LogP contribution in [0.2, 0.25) is 0 Å². The molecule has 9 heteroatoms. The molecule has 0 unspecified atom stereocenters. The van der Waals surface area contributed by atoms with Gasteiger partial charge in [-0.3, -0.25) is 9.59 Å². The first-order valence-corrected chi connectivity index (χ1v) is 7.68. The third kappa shape index (κ3) is 2.32. The number of amides is 2. The van der Waals surface area contributed by atoms with E-state index in [0.717, 1.165) is 17.0 Å². The second kappa shape index (κ2) is 5.87. The first-order chi connectivity index (χ1) is 12.5. The van der Waals surface area contributed by atoms with Crippen molar-refractivity contribution in [2.75, 3.05) is 17.0 Å². The zero-order valence-electron chi connectivity index (χ0n) is 13.5. The zero-order valence-corrected chi connectivity index (χ0v) is 13.5. The van der Waals surface area contributed by atoms with E-state index in [1.807, 2.05) is 0 Å². The van der Waals surface area contributed by atoms with Crippen molar-refractivity contribution in [1.82, 2.24) is 0 Å². The Morgan fingerprint density at radius 2 is 1.65 bits per heavy atom. The molecule has 26 heavy (non-hydrogen) atoms. The molecular formula is C17H12F2N4O3. The highest BCUT2D eigenvalue weighted by Crippen LogP contribution is 2.35. The van der Waals surface area contributed by atoms with Crippen LogP contribution in [0.15, 0.2) is 52.8 Å². The van der Waals surface area contributed by atoms with Crippen LogP contribution in [0.4, 0.5) is 20.2 Å². The molecule has 0 aromatic heterocycles. The highest BCUT2D eigenvalue weighted by molar-refractivity contribution is 6.26. The van der Waals surface area contributed by atoms with Gasteiger partial charge in [0.15, 0.2) is 23.7 Å². The molecule has 2 aromatic carbocycles. The van der Waals surface area contributed by atoms with Crippen molar-refractivity contribution in [3.05, 3.63) is 54.1 Å². The lowest BCUT2D eigenvalue weighted by Gasteiger charge is -2.20. The first kappa shape index (κ1) is 16.1. The summed E-state index contributed by atoms with van der Waals surface area (Å²) in [5, 5.41) is 9.14. The Labute approximate surface area is 146 Å². The van der Waals surface area contributed by atoms with E-state index in [2.05, 4.69) is 10.3 Å². The molecular weight excluding hydrogens is 346 g/mol. The van der Waals surface area contributed by atoms with Gasteiger partial charge in [0.2, 0.25) is 0 Å². The van der Waals surface area contributed by atoms with Crippen LogP contribution in [0.5, 0.6) is 5.75 Å². The van der Waals surface area contributed by atoms with Crippen molar-refractivity contribution in [3.63, 3.8) is 0 Å². The Bertz CT molecular complexity index is 932. The molecule has 0 N–H and O–H groups in total. The Morgan fingerprint density at radius 3 is 2.31 bits per heavy atom. The van der Waals surface area contributed by atoms with Crippen LogP contribution >= 0.6 is 0 Å². The number of hydrogen-bond acceptors (Lipinski definition) is 6. The van der Waals surface area contributed by atoms with Crippen molar-refractivity contribution in [3.8, 4) is 5.75 Å². The van der Waals surface area contributed by atoms with Gasteiger partial charge >= 0.3 is 0 Å². The van der Waals surface area contributed by atoms with Gasteiger partial charge in [-0.25, -0.2) is 18.7 Å². The summed E-state index contributed by atoms with van der Waals surface area (Å²) in [6.07, 6.45) is 0. The maximum absolute atomic E-state index is 13.5. The summed E-state index contributed by atoms with van der Waals surface area (Å²) in [6.45, 7) is 0. The molecule has 2 amide bonds. The molecule has 0 saturated carbocycles. The minimum atomic E-state index is -1.14. The molecule has 132 valence electrons. The average Bonchev–Trinajstić information content (AvgIpc) is 3.18. The largest absolute Gasteiger partial charge is 0.497 e. The molecule has 2 atom stereocenters. The fraction of sp³-hybridized carbons (Fsp3) is 0.176. The second-order valence-corrected chi connectivity index (χ2v) is 5.75. The summed E-state index contributed by atoms with van der Waals surface area (Å²) in [5.41, 5.74) is 0.508. The van der Waals surface area contributed by atoms with E-state index < -0.39 is 35.5 Å². The summed E-state index contributed by atoms with van der Waals surface area (Å²) in [4.78, 5) is 26.2. The predicted molar refractivity (Wildman–Crippen MR) is 86.8 cm³/mol. The molecule has 0 spiro atoms. The van der Waals surface area contributed by atoms with Gasteiger partial charge in [-0.05, 0) is 36.4 Å². The third-order valence-electron chi connectivity index (χ3n) is 4.28. The van der Waals surface area contributed by atoms with Crippen molar-refractivity contribution in [2.45, 2.75) is 12.1 Å². The molecule has 1 fully saturated rings. The van der Waals surface area contributed by atoms with E-state index in [9.17, 15) is 18.4 Å². The summed E-state index contributed by atoms with van der Waals surface area (Å²) >= 11 is 0. The van der Waals surface area contributed by atoms with Crippen molar-refractivity contribution >= 4 is 23.2 Å². The maximum Gasteiger partial charge on any atom is 0.263 e. The summed E-state index contributed by atoms with van der Waals surface area (Å²) in [5.74, 6) is -2.82. The van der Waals surface area contributed by atoms with E-state index >= 15 is 0 Å². The van der Waals surface area contributed by atoms with Gasteiger partial charge in [0.1, 0.15) is 5.75 Å². The van der Waals surface area contributed by atoms with Crippen LogP contribution in [-0.4, -0.2) is 31.0 Å². The molecule has 0 bridgehead atoms. The number of imide groups is 1. The number of nitrogens with zero attached hydrogens (tertiary/aromatic N) is 4. The van der Waals surface area contributed by atoms with Gasteiger partial charge in [-0.2, -0.15) is 5.11 Å². The van der Waals surface area contributed by atoms with Gasteiger partial charge in [-0.1, -0.05) is 5.22 Å². The molecule has 1 saturated heterocycles. The number of methoxy groups -OCH3 is 1. The maximum atomic E-state index is 13.5. The average molecular weight is 358 g/mol. The highest BCUT2D eigenvalue weighted by atomic mass is 19.2. The Kier molecular flexibility index (Phi) is 3.64. The monoisotopic (exact) mass is 358 g/mol. The number of rotatable bonds is 3. The minimum Gasteiger partial charge on any atom is -0.497 e.